The standard InChI is InChI=1S/C17H20FN5O2/c18-12-7-8-14-19-17(21-23(14)10-12)20-15(24)13-6-3-9-22(13)16(25)11-4-1-2-5-11/h7-8,10-11,13H,1-6,9H2,(H,20,21,24)/t13-/m0/s1. The molecule has 1 aliphatic carbocycles. The van der Waals surface area contributed by atoms with Gasteiger partial charge in [0.1, 0.15) is 11.9 Å². The number of rotatable bonds is 3. The largest absolute Gasteiger partial charge is 0.330 e. The Kier molecular flexibility index (Phi) is 4.10. The minimum Gasteiger partial charge on any atom is -0.330 e. The van der Waals surface area contributed by atoms with Crippen LogP contribution in [0.15, 0.2) is 18.3 Å². The van der Waals surface area contributed by atoms with Crippen LogP contribution < -0.4 is 5.32 Å². The normalized spacial score (nSPS) is 21.2. The number of hydrogen-bond acceptors (Lipinski definition) is 4. The monoisotopic (exact) mass is 345 g/mol. The molecule has 2 aromatic rings. The summed E-state index contributed by atoms with van der Waals surface area (Å²) >= 11 is 0. The van der Waals surface area contributed by atoms with Gasteiger partial charge in [-0.25, -0.2) is 8.91 Å². The molecule has 1 N–H and O–H groups in total. The molecule has 25 heavy (non-hydrogen) atoms. The maximum atomic E-state index is 13.2. The van der Waals surface area contributed by atoms with Crippen LogP contribution in [-0.2, 0) is 9.59 Å². The van der Waals surface area contributed by atoms with Gasteiger partial charge < -0.3 is 4.90 Å². The van der Waals surface area contributed by atoms with Crippen molar-refractivity contribution in [2.24, 2.45) is 5.92 Å². The Hall–Kier alpha value is -2.51. The van der Waals surface area contributed by atoms with E-state index in [4.69, 9.17) is 0 Å². The minimum absolute atomic E-state index is 0.0599. The van der Waals surface area contributed by atoms with Gasteiger partial charge >= 0.3 is 0 Å². The summed E-state index contributed by atoms with van der Waals surface area (Å²) in [6.07, 6.45) is 6.67. The molecule has 0 unspecified atom stereocenters. The maximum Gasteiger partial charge on any atom is 0.249 e. The average Bonchev–Trinajstić information content (AvgIpc) is 3.33. The number of fused-ring (bicyclic) bond motifs is 1. The van der Waals surface area contributed by atoms with Crippen molar-refractivity contribution >= 4 is 23.4 Å². The minimum atomic E-state index is -0.476. The van der Waals surface area contributed by atoms with Crippen molar-refractivity contribution in [2.75, 3.05) is 11.9 Å². The molecule has 1 aliphatic heterocycles. The summed E-state index contributed by atoms with van der Waals surface area (Å²) in [6, 6.07) is 2.30. The third-order valence-electron chi connectivity index (χ3n) is 5.07. The highest BCUT2D eigenvalue weighted by Gasteiger charge is 2.38. The lowest BCUT2D eigenvalue weighted by atomic mass is 10.1. The van der Waals surface area contributed by atoms with E-state index in [0.717, 1.165) is 32.1 Å². The Morgan fingerprint density at radius 3 is 2.76 bits per heavy atom. The fraction of sp³-hybridized carbons (Fsp3) is 0.529. The van der Waals surface area contributed by atoms with E-state index in [-0.39, 0.29) is 23.7 Å². The van der Waals surface area contributed by atoms with Gasteiger partial charge in [0.2, 0.25) is 17.8 Å². The number of carbonyl (C=O) groups excluding carboxylic acids is 2. The van der Waals surface area contributed by atoms with Crippen molar-refractivity contribution in [3.05, 3.63) is 24.1 Å². The lowest BCUT2D eigenvalue weighted by Gasteiger charge is -2.26. The zero-order valence-corrected chi connectivity index (χ0v) is 13.8. The van der Waals surface area contributed by atoms with Crippen LogP contribution in [-0.4, -0.2) is 43.9 Å². The summed E-state index contributed by atoms with van der Waals surface area (Å²) in [6.45, 7) is 0.622. The quantitative estimate of drug-likeness (QED) is 0.923. The first-order chi connectivity index (χ1) is 12.1. The molecule has 2 aliphatic rings. The Morgan fingerprint density at radius 1 is 1.16 bits per heavy atom. The zero-order valence-electron chi connectivity index (χ0n) is 13.8. The highest BCUT2D eigenvalue weighted by Crippen LogP contribution is 2.30. The van der Waals surface area contributed by atoms with Crippen LogP contribution in [0.1, 0.15) is 38.5 Å². The zero-order chi connectivity index (χ0) is 17.4. The number of amides is 2. The second-order valence-corrected chi connectivity index (χ2v) is 6.75. The second-order valence-electron chi connectivity index (χ2n) is 6.75. The van der Waals surface area contributed by atoms with Gasteiger partial charge in [-0.05, 0) is 37.8 Å². The number of likely N-dealkylation sites (tertiary alicyclic amines) is 1. The molecule has 1 atom stereocenters. The van der Waals surface area contributed by atoms with Gasteiger partial charge in [-0.2, -0.15) is 4.98 Å². The lowest BCUT2D eigenvalue weighted by molar-refractivity contribution is -0.140. The Bertz CT molecular complexity index is 814. The maximum absolute atomic E-state index is 13.2. The molecule has 2 fully saturated rings. The predicted molar refractivity (Wildman–Crippen MR) is 88.3 cm³/mol. The molecule has 0 radical (unpaired) electrons. The molecule has 0 spiro atoms. The Balaban J connectivity index is 1.47. The number of carbonyl (C=O) groups is 2. The van der Waals surface area contributed by atoms with Crippen molar-refractivity contribution in [2.45, 2.75) is 44.6 Å². The number of nitrogens with zero attached hydrogens (tertiary/aromatic N) is 4. The van der Waals surface area contributed by atoms with E-state index in [9.17, 15) is 14.0 Å². The van der Waals surface area contributed by atoms with Crippen molar-refractivity contribution in [1.29, 1.82) is 0 Å². The molecule has 0 aromatic carbocycles. The fourth-order valence-electron chi connectivity index (χ4n) is 3.81. The molecule has 132 valence electrons. The molecule has 4 rings (SSSR count). The molecule has 1 saturated carbocycles. The van der Waals surface area contributed by atoms with Gasteiger partial charge in [0.15, 0.2) is 5.65 Å². The van der Waals surface area contributed by atoms with Gasteiger partial charge in [-0.15, -0.1) is 5.10 Å². The number of hydrogen-bond donors (Lipinski definition) is 1. The number of pyridine rings is 1. The first-order valence-electron chi connectivity index (χ1n) is 8.75. The van der Waals surface area contributed by atoms with E-state index < -0.39 is 11.9 Å². The van der Waals surface area contributed by atoms with Crippen LogP contribution in [0.25, 0.3) is 5.65 Å². The summed E-state index contributed by atoms with van der Waals surface area (Å²) < 4.78 is 14.5. The van der Waals surface area contributed by atoms with Crippen LogP contribution >= 0.6 is 0 Å². The molecule has 7 nitrogen and oxygen atoms in total. The third-order valence-corrected chi connectivity index (χ3v) is 5.07. The van der Waals surface area contributed by atoms with Crippen LogP contribution in [0.3, 0.4) is 0 Å². The first-order valence-corrected chi connectivity index (χ1v) is 8.75. The summed E-state index contributed by atoms with van der Waals surface area (Å²) in [4.78, 5) is 31.2. The summed E-state index contributed by atoms with van der Waals surface area (Å²) in [7, 11) is 0. The number of halogens is 1. The number of aromatic nitrogens is 3. The smallest absolute Gasteiger partial charge is 0.249 e. The van der Waals surface area contributed by atoms with Crippen molar-refractivity contribution in [3.8, 4) is 0 Å². The van der Waals surface area contributed by atoms with Gasteiger partial charge in [0.25, 0.3) is 0 Å². The van der Waals surface area contributed by atoms with Crippen LogP contribution in [0, 0.1) is 11.7 Å². The third kappa shape index (κ3) is 3.08. The molecule has 8 heteroatoms. The fourth-order valence-corrected chi connectivity index (χ4v) is 3.81. The van der Waals surface area contributed by atoms with E-state index in [1.165, 1.54) is 22.8 Å². The van der Waals surface area contributed by atoms with E-state index in [0.29, 0.717) is 18.6 Å². The van der Waals surface area contributed by atoms with Crippen LogP contribution in [0.4, 0.5) is 10.3 Å². The molecular weight excluding hydrogens is 325 g/mol. The Labute approximate surface area is 144 Å². The Morgan fingerprint density at radius 2 is 1.96 bits per heavy atom. The molecule has 0 bridgehead atoms. The predicted octanol–water partition coefficient (Wildman–Crippen LogP) is 1.99. The van der Waals surface area contributed by atoms with Crippen molar-refractivity contribution in [3.63, 3.8) is 0 Å². The van der Waals surface area contributed by atoms with Gasteiger partial charge in [-0.3, -0.25) is 14.9 Å². The topological polar surface area (TPSA) is 79.6 Å². The van der Waals surface area contributed by atoms with Crippen LogP contribution in [0.5, 0.6) is 0 Å². The summed E-state index contributed by atoms with van der Waals surface area (Å²) in [5.41, 5.74) is 0.446. The van der Waals surface area contributed by atoms with Crippen LogP contribution in [0.2, 0.25) is 0 Å². The second kappa shape index (κ2) is 6.42. The van der Waals surface area contributed by atoms with E-state index in [2.05, 4.69) is 15.4 Å². The number of nitrogens with one attached hydrogen (secondary N) is 1. The molecule has 2 aromatic heterocycles. The highest BCUT2D eigenvalue weighted by molar-refractivity contribution is 5.96. The summed E-state index contributed by atoms with van der Waals surface area (Å²) in [5, 5.41) is 6.73. The van der Waals surface area contributed by atoms with E-state index in [1.54, 1.807) is 4.90 Å². The van der Waals surface area contributed by atoms with Gasteiger partial charge in [-0.1, -0.05) is 12.8 Å². The average molecular weight is 345 g/mol. The number of anilines is 1. The first kappa shape index (κ1) is 16.0. The lowest BCUT2D eigenvalue weighted by Crippen LogP contribution is -2.45. The van der Waals surface area contributed by atoms with Gasteiger partial charge in [0.05, 0.1) is 6.20 Å². The van der Waals surface area contributed by atoms with Gasteiger partial charge in [0, 0.05) is 12.5 Å². The highest BCUT2D eigenvalue weighted by atomic mass is 19.1. The van der Waals surface area contributed by atoms with E-state index >= 15 is 0 Å². The SMILES string of the molecule is O=C(Nc1nc2ccc(F)cn2n1)[C@@H]1CCCN1C(=O)C1CCCC1. The molecule has 1 saturated heterocycles. The van der Waals surface area contributed by atoms with Crippen molar-refractivity contribution in [1.82, 2.24) is 19.5 Å². The van der Waals surface area contributed by atoms with E-state index in [1.807, 2.05) is 0 Å². The molecule has 2 amide bonds. The molecule has 3 heterocycles. The van der Waals surface area contributed by atoms with Crippen molar-refractivity contribution < 1.29 is 14.0 Å². The molecular formula is C17H20FN5O2. The summed E-state index contributed by atoms with van der Waals surface area (Å²) in [5.74, 6) is -0.430.